The minimum absolute atomic E-state index is 0.0389. The Morgan fingerprint density at radius 2 is 2.19 bits per heavy atom. The fourth-order valence-corrected chi connectivity index (χ4v) is 3.18. The molecule has 0 spiro atoms. The van der Waals surface area contributed by atoms with E-state index in [4.69, 9.17) is 25.8 Å². The summed E-state index contributed by atoms with van der Waals surface area (Å²) in [6.07, 6.45) is 2.07. The summed E-state index contributed by atoms with van der Waals surface area (Å²) in [5.41, 5.74) is 0.740. The molecule has 5 nitrogen and oxygen atoms in total. The smallest absolute Gasteiger partial charge is 0.303 e. The number of carbonyl (C=O) groups is 1. The number of methoxy groups -OCH3 is 1. The first-order valence-electron chi connectivity index (χ1n) is 6.99. The molecule has 0 amide bonds. The highest BCUT2D eigenvalue weighted by molar-refractivity contribution is 6.32. The SMILES string of the molecule is COc1c(Cl)cc2c(c1C(CC(=O)O)C1CC1)OCCO2. The Morgan fingerprint density at radius 3 is 2.81 bits per heavy atom. The maximum Gasteiger partial charge on any atom is 0.303 e. The van der Waals surface area contributed by atoms with Gasteiger partial charge in [-0.25, -0.2) is 0 Å². The predicted molar refractivity (Wildman–Crippen MR) is 76.7 cm³/mol. The van der Waals surface area contributed by atoms with E-state index in [0.717, 1.165) is 18.4 Å². The third-order valence-corrected chi connectivity index (χ3v) is 4.22. The molecule has 0 bridgehead atoms. The molecule has 1 aromatic rings. The van der Waals surface area contributed by atoms with Gasteiger partial charge in [-0.15, -0.1) is 0 Å². The molecule has 1 aromatic carbocycles. The normalized spacial score (nSPS) is 18.2. The van der Waals surface area contributed by atoms with E-state index in [9.17, 15) is 9.90 Å². The number of hydrogen-bond acceptors (Lipinski definition) is 4. The first-order valence-corrected chi connectivity index (χ1v) is 7.37. The molecule has 1 N–H and O–H groups in total. The van der Waals surface area contributed by atoms with Gasteiger partial charge in [0.15, 0.2) is 11.5 Å². The summed E-state index contributed by atoms with van der Waals surface area (Å²) in [6.45, 7) is 0.900. The van der Waals surface area contributed by atoms with Crippen molar-refractivity contribution in [2.24, 2.45) is 5.92 Å². The first kappa shape index (κ1) is 14.3. The van der Waals surface area contributed by atoms with Crippen molar-refractivity contribution in [3.8, 4) is 17.2 Å². The van der Waals surface area contributed by atoms with Gasteiger partial charge in [-0.2, -0.15) is 0 Å². The molecular weight excluding hydrogens is 296 g/mol. The van der Waals surface area contributed by atoms with Gasteiger partial charge in [0.05, 0.1) is 18.6 Å². The number of rotatable bonds is 5. The molecule has 1 atom stereocenters. The van der Waals surface area contributed by atoms with Crippen LogP contribution in [0.25, 0.3) is 0 Å². The number of hydrogen-bond donors (Lipinski definition) is 1. The summed E-state index contributed by atoms with van der Waals surface area (Å²) in [7, 11) is 1.53. The van der Waals surface area contributed by atoms with E-state index in [-0.39, 0.29) is 12.3 Å². The Bertz CT molecular complexity index is 568. The summed E-state index contributed by atoms with van der Waals surface area (Å²) in [6, 6.07) is 1.67. The molecule has 1 fully saturated rings. The summed E-state index contributed by atoms with van der Waals surface area (Å²) in [4.78, 5) is 11.2. The third kappa shape index (κ3) is 2.75. The zero-order chi connectivity index (χ0) is 15.0. The van der Waals surface area contributed by atoms with Crippen molar-refractivity contribution >= 4 is 17.6 Å². The van der Waals surface area contributed by atoms with Crippen molar-refractivity contribution in [3.05, 3.63) is 16.7 Å². The maximum atomic E-state index is 11.2. The van der Waals surface area contributed by atoms with Crippen LogP contribution in [0.2, 0.25) is 5.02 Å². The van der Waals surface area contributed by atoms with Crippen LogP contribution in [0.1, 0.15) is 30.7 Å². The number of carboxylic acids is 1. The number of benzene rings is 1. The maximum absolute atomic E-state index is 11.2. The van der Waals surface area contributed by atoms with Gasteiger partial charge in [0.2, 0.25) is 0 Å². The van der Waals surface area contributed by atoms with Gasteiger partial charge in [0, 0.05) is 17.5 Å². The van der Waals surface area contributed by atoms with E-state index in [0.29, 0.717) is 41.4 Å². The van der Waals surface area contributed by atoms with Crippen LogP contribution < -0.4 is 14.2 Å². The molecule has 6 heteroatoms. The molecule has 1 aliphatic carbocycles. The van der Waals surface area contributed by atoms with Crippen molar-refractivity contribution in [1.29, 1.82) is 0 Å². The Balaban J connectivity index is 2.12. The van der Waals surface area contributed by atoms with E-state index in [2.05, 4.69) is 0 Å². The predicted octanol–water partition coefficient (Wildman–Crippen LogP) is 3.09. The minimum atomic E-state index is -0.834. The Labute approximate surface area is 127 Å². The van der Waals surface area contributed by atoms with Crippen molar-refractivity contribution in [1.82, 2.24) is 0 Å². The van der Waals surface area contributed by atoms with E-state index < -0.39 is 5.97 Å². The van der Waals surface area contributed by atoms with Crippen molar-refractivity contribution in [3.63, 3.8) is 0 Å². The number of ether oxygens (including phenoxy) is 3. The van der Waals surface area contributed by atoms with E-state index in [1.165, 1.54) is 7.11 Å². The van der Waals surface area contributed by atoms with Crippen LogP contribution in [0.5, 0.6) is 17.2 Å². The minimum Gasteiger partial charge on any atom is -0.495 e. The van der Waals surface area contributed by atoms with Gasteiger partial charge in [-0.3, -0.25) is 4.79 Å². The molecule has 0 saturated heterocycles. The van der Waals surface area contributed by atoms with Crippen molar-refractivity contribution in [2.75, 3.05) is 20.3 Å². The molecule has 21 heavy (non-hydrogen) atoms. The highest BCUT2D eigenvalue weighted by Gasteiger charge is 2.39. The fraction of sp³-hybridized carbons (Fsp3) is 0.533. The van der Waals surface area contributed by atoms with Gasteiger partial charge in [-0.05, 0) is 18.8 Å². The number of fused-ring (bicyclic) bond motifs is 1. The van der Waals surface area contributed by atoms with Crippen LogP contribution in [-0.4, -0.2) is 31.4 Å². The molecule has 0 aromatic heterocycles. The summed E-state index contributed by atoms with van der Waals surface area (Å²) in [5, 5.41) is 9.64. The largest absolute Gasteiger partial charge is 0.495 e. The zero-order valence-electron chi connectivity index (χ0n) is 11.7. The molecule has 114 valence electrons. The fourth-order valence-electron chi connectivity index (χ4n) is 2.90. The third-order valence-electron chi connectivity index (χ3n) is 3.94. The lowest BCUT2D eigenvalue weighted by Gasteiger charge is -2.27. The lowest BCUT2D eigenvalue weighted by molar-refractivity contribution is -0.137. The monoisotopic (exact) mass is 312 g/mol. The average molecular weight is 313 g/mol. The van der Waals surface area contributed by atoms with Gasteiger partial charge < -0.3 is 19.3 Å². The molecule has 1 unspecified atom stereocenters. The van der Waals surface area contributed by atoms with E-state index >= 15 is 0 Å². The van der Waals surface area contributed by atoms with Gasteiger partial charge in [0.25, 0.3) is 0 Å². The lowest BCUT2D eigenvalue weighted by Crippen LogP contribution is -2.19. The second kappa shape index (κ2) is 5.64. The van der Waals surface area contributed by atoms with Crippen LogP contribution in [-0.2, 0) is 4.79 Å². The Morgan fingerprint density at radius 1 is 1.48 bits per heavy atom. The second-order valence-corrected chi connectivity index (χ2v) is 5.78. The summed E-state index contributed by atoms with van der Waals surface area (Å²) >= 11 is 6.26. The second-order valence-electron chi connectivity index (χ2n) is 5.37. The highest BCUT2D eigenvalue weighted by atomic mass is 35.5. The van der Waals surface area contributed by atoms with Gasteiger partial charge in [0.1, 0.15) is 19.0 Å². The summed E-state index contributed by atoms with van der Waals surface area (Å²) in [5.74, 6) is 0.993. The van der Waals surface area contributed by atoms with E-state index in [1.807, 2.05) is 0 Å². The number of halogens is 1. The molecule has 0 radical (unpaired) electrons. The molecule has 1 saturated carbocycles. The summed E-state index contributed by atoms with van der Waals surface area (Å²) < 4.78 is 16.7. The number of carboxylic acid groups (broad SMARTS) is 1. The molecule has 1 heterocycles. The standard InChI is InChI=1S/C15H17ClO5/c1-19-14-10(16)7-11-15(21-5-4-20-11)13(14)9(6-12(17)18)8-2-3-8/h7-9H,2-6H2,1H3,(H,17,18). The van der Waals surface area contributed by atoms with Gasteiger partial charge >= 0.3 is 5.97 Å². The van der Waals surface area contributed by atoms with Crippen LogP contribution in [0.3, 0.4) is 0 Å². The first-order chi connectivity index (χ1) is 10.1. The molecule has 1 aliphatic heterocycles. The Hall–Kier alpha value is -1.62. The van der Waals surface area contributed by atoms with E-state index in [1.54, 1.807) is 6.07 Å². The molecule has 2 aliphatic rings. The highest BCUT2D eigenvalue weighted by Crippen LogP contribution is 2.54. The van der Waals surface area contributed by atoms with Crippen molar-refractivity contribution < 1.29 is 24.1 Å². The van der Waals surface area contributed by atoms with Crippen LogP contribution >= 0.6 is 11.6 Å². The Kier molecular flexibility index (Phi) is 3.85. The van der Waals surface area contributed by atoms with Crippen LogP contribution in [0.4, 0.5) is 0 Å². The lowest BCUT2D eigenvalue weighted by atomic mass is 9.89. The molecule has 3 rings (SSSR count). The van der Waals surface area contributed by atoms with Crippen molar-refractivity contribution in [2.45, 2.75) is 25.2 Å². The number of aliphatic carboxylic acids is 1. The average Bonchev–Trinajstić information content (AvgIpc) is 3.28. The van der Waals surface area contributed by atoms with Crippen LogP contribution in [0, 0.1) is 5.92 Å². The molecular formula is C15H17ClO5. The van der Waals surface area contributed by atoms with Crippen LogP contribution in [0.15, 0.2) is 6.07 Å². The quantitative estimate of drug-likeness (QED) is 0.905. The van der Waals surface area contributed by atoms with Gasteiger partial charge in [-0.1, -0.05) is 11.6 Å². The zero-order valence-corrected chi connectivity index (χ0v) is 12.5. The topological polar surface area (TPSA) is 65.0 Å².